The molecule has 0 atom stereocenters. The average Bonchev–Trinajstić information content (AvgIpc) is 2.68. The molecule has 0 saturated carbocycles. The van der Waals surface area contributed by atoms with Crippen LogP contribution in [0.5, 0.6) is 0 Å². The van der Waals surface area contributed by atoms with Gasteiger partial charge in [0.15, 0.2) is 0 Å². The molecule has 0 aliphatic heterocycles. The molecule has 0 aliphatic rings. The van der Waals surface area contributed by atoms with Gasteiger partial charge in [0.1, 0.15) is 0 Å². The van der Waals surface area contributed by atoms with Gasteiger partial charge in [0, 0.05) is 0 Å². The van der Waals surface area contributed by atoms with Crippen molar-refractivity contribution in [1.82, 2.24) is 0 Å². The summed E-state index contributed by atoms with van der Waals surface area (Å²) in [6.45, 7) is 0. The first kappa shape index (κ1) is 22.5. The van der Waals surface area contributed by atoms with Crippen LogP contribution in [0.25, 0.3) is 0 Å². The van der Waals surface area contributed by atoms with E-state index in [1.807, 2.05) is 0 Å². The standard InChI is InChI=1S/C19H22O8P2/c20-16(21)28(17(22)23,14-8-3-1-4-9-14)12-7-13-29(18(24)25,19(26)27)15-10-5-2-6-11-15/h1-6,8-11,28-29H,7,12-13H2,(H,20,21)(H,22,23)(H,24,25)(H,26,27). The van der Waals surface area contributed by atoms with Crippen LogP contribution in [0.4, 0.5) is 19.2 Å². The first-order valence-electron chi connectivity index (χ1n) is 8.74. The van der Waals surface area contributed by atoms with Crippen molar-refractivity contribution in [3.8, 4) is 0 Å². The Bertz CT molecular complexity index is 811. The fourth-order valence-corrected chi connectivity index (χ4v) is 9.53. The zero-order valence-electron chi connectivity index (χ0n) is 15.3. The van der Waals surface area contributed by atoms with Gasteiger partial charge in [0.2, 0.25) is 0 Å². The van der Waals surface area contributed by atoms with Gasteiger partial charge in [0.25, 0.3) is 0 Å². The predicted octanol–water partition coefficient (Wildman–Crippen LogP) is 4.24. The normalized spacial score (nSPS) is 12.7. The number of hydrogen-bond donors (Lipinski definition) is 4. The maximum absolute atomic E-state index is 12.0. The summed E-state index contributed by atoms with van der Waals surface area (Å²) in [5.74, 6) is 0. The monoisotopic (exact) mass is 440 g/mol. The molecule has 156 valence electrons. The second-order valence-corrected chi connectivity index (χ2v) is 14.1. The zero-order chi connectivity index (χ0) is 21.7. The molecule has 0 fully saturated rings. The molecular formula is C19H22O8P2. The van der Waals surface area contributed by atoms with Gasteiger partial charge >= 0.3 is 167 Å². The summed E-state index contributed by atoms with van der Waals surface area (Å²) < 4.78 is 0. The molecule has 4 N–H and O–H groups in total. The molecule has 0 amide bonds. The SMILES string of the molecule is O=C(O)[PH](CCC[PH](C(=O)O)(C(=O)O)c1ccccc1)(C(=O)O)c1ccccc1. The number of benzene rings is 2. The summed E-state index contributed by atoms with van der Waals surface area (Å²) in [6.07, 6.45) is -0.743. The summed E-state index contributed by atoms with van der Waals surface area (Å²) >= 11 is 0. The van der Waals surface area contributed by atoms with E-state index in [-0.39, 0.29) is 29.4 Å². The van der Waals surface area contributed by atoms with Crippen LogP contribution in [-0.2, 0) is 0 Å². The average molecular weight is 440 g/mol. The van der Waals surface area contributed by atoms with Crippen LogP contribution in [0.15, 0.2) is 60.7 Å². The van der Waals surface area contributed by atoms with Crippen molar-refractivity contribution in [2.24, 2.45) is 0 Å². The number of rotatable bonds is 10. The Hall–Kier alpha value is -2.82. The molecule has 0 heterocycles. The van der Waals surface area contributed by atoms with Gasteiger partial charge < -0.3 is 0 Å². The molecule has 0 bridgehead atoms. The van der Waals surface area contributed by atoms with Crippen LogP contribution in [-0.4, -0.2) is 55.6 Å². The third-order valence-electron chi connectivity index (χ3n) is 5.10. The molecule has 0 unspecified atom stereocenters. The van der Waals surface area contributed by atoms with Gasteiger partial charge in [-0.05, 0) is 0 Å². The molecule has 8 nitrogen and oxygen atoms in total. The maximum atomic E-state index is 12.0. The van der Waals surface area contributed by atoms with Crippen molar-refractivity contribution in [2.75, 3.05) is 12.3 Å². The fraction of sp³-hybridized carbons (Fsp3) is 0.158. The third-order valence-corrected chi connectivity index (χ3v) is 12.9. The van der Waals surface area contributed by atoms with E-state index in [1.54, 1.807) is 36.4 Å². The topological polar surface area (TPSA) is 149 Å². The molecule has 0 radical (unpaired) electrons. The Morgan fingerprint density at radius 2 is 0.828 bits per heavy atom. The molecule has 0 aliphatic carbocycles. The van der Waals surface area contributed by atoms with E-state index in [1.165, 1.54) is 24.3 Å². The van der Waals surface area contributed by atoms with Gasteiger partial charge in [0.05, 0.1) is 0 Å². The summed E-state index contributed by atoms with van der Waals surface area (Å²) in [7, 11) is -8.25. The molecule has 0 aromatic heterocycles. The molecule has 2 aromatic carbocycles. The van der Waals surface area contributed by atoms with E-state index in [9.17, 15) is 39.6 Å². The van der Waals surface area contributed by atoms with Crippen molar-refractivity contribution in [3.63, 3.8) is 0 Å². The quantitative estimate of drug-likeness (QED) is 0.401. The van der Waals surface area contributed by atoms with Gasteiger partial charge in [-0.2, -0.15) is 0 Å². The summed E-state index contributed by atoms with van der Waals surface area (Å²) in [4.78, 5) is 48.1. The Kier molecular flexibility index (Phi) is 7.07. The Morgan fingerprint density at radius 3 is 1.07 bits per heavy atom. The minimum atomic E-state index is -4.13. The van der Waals surface area contributed by atoms with Gasteiger partial charge in [-0.15, -0.1) is 0 Å². The van der Waals surface area contributed by atoms with Gasteiger partial charge in [-0.3, -0.25) is 0 Å². The van der Waals surface area contributed by atoms with Crippen molar-refractivity contribution in [2.45, 2.75) is 6.42 Å². The molecule has 0 spiro atoms. The second kappa shape index (κ2) is 9.12. The summed E-state index contributed by atoms with van der Waals surface area (Å²) in [5.41, 5.74) is -5.80. The zero-order valence-corrected chi connectivity index (χ0v) is 17.3. The van der Waals surface area contributed by atoms with Crippen LogP contribution < -0.4 is 10.6 Å². The van der Waals surface area contributed by atoms with Crippen LogP contribution in [0.3, 0.4) is 0 Å². The van der Waals surface area contributed by atoms with E-state index < -0.39 is 37.4 Å². The molecule has 0 saturated heterocycles. The van der Waals surface area contributed by atoms with Crippen LogP contribution >= 0.6 is 14.5 Å². The summed E-state index contributed by atoms with van der Waals surface area (Å²) in [5, 5.41) is 39.4. The third kappa shape index (κ3) is 4.14. The molecule has 29 heavy (non-hydrogen) atoms. The second-order valence-electron chi connectivity index (χ2n) is 6.62. The molecule has 2 rings (SSSR count). The first-order valence-corrected chi connectivity index (χ1v) is 13.2. The van der Waals surface area contributed by atoms with E-state index >= 15 is 0 Å². The van der Waals surface area contributed by atoms with E-state index in [0.29, 0.717) is 0 Å². The predicted molar refractivity (Wildman–Crippen MR) is 115 cm³/mol. The Labute approximate surface area is 167 Å². The van der Waals surface area contributed by atoms with E-state index in [2.05, 4.69) is 0 Å². The van der Waals surface area contributed by atoms with Crippen molar-refractivity contribution < 1.29 is 39.6 Å². The fourth-order valence-electron chi connectivity index (χ4n) is 3.46. The van der Waals surface area contributed by atoms with Crippen LogP contribution in [0, 0.1) is 0 Å². The van der Waals surface area contributed by atoms with Crippen molar-refractivity contribution in [3.05, 3.63) is 60.7 Å². The Balaban J connectivity index is 2.42. The summed E-state index contributed by atoms with van der Waals surface area (Å²) in [6, 6.07) is 15.2. The molecular weight excluding hydrogens is 418 g/mol. The first-order chi connectivity index (χ1) is 13.7. The van der Waals surface area contributed by atoms with Crippen molar-refractivity contribution in [1.29, 1.82) is 0 Å². The number of carboxylic acid groups (broad SMARTS) is 4. The van der Waals surface area contributed by atoms with Gasteiger partial charge in [-0.1, -0.05) is 0 Å². The number of carbonyl (C=O) groups is 4. The molecule has 2 aromatic rings. The van der Waals surface area contributed by atoms with Crippen molar-refractivity contribution >= 4 is 48.0 Å². The van der Waals surface area contributed by atoms with E-state index in [4.69, 9.17) is 0 Å². The minimum absolute atomic E-state index is 0.139. The van der Waals surface area contributed by atoms with E-state index in [0.717, 1.165) is 0 Å². The Morgan fingerprint density at radius 1 is 0.552 bits per heavy atom. The van der Waals surface area contributed by atoms with Crippen LogP contribution in [0.1, 0.15) is 6.42 Å². The van der Waals surface area contributed by atoms with Gasteiger partial charge in [-0.25, -0.2) is 0 Å². The van der Waals surface area contributed by atoms with Crippen LogP contribution in [0.2, 0.25) is 0 Å². The molecule has 10 heteroatoms. The number of hydrogen-bond acceptors (Lipinski definition) is 4.